The van der Waals surface area contributed by atoms with Crippen LogP contribution in [-0.2, 0) is 4.79 Å². The molecule has 0 saturated carbocycles. The Morgan fingerprint density at radius 1 is 1.41 bits per heavy atom. The highest BCUT2D eigenvalue weighted by molar-refractivity contribution is 5.82. The topological polar surface area (TPSA) is 52.6 Å². The van der Waals surface area contributed by atoms with Crippen LogP contribution < -0.4 is 5.32 Å². The number of hydrogen-bond donors (Lipinski definition) is 2. The van der Waals surface area contributed by atoms with E-state index in [1.54, 1.807) is 0 Å². The summed E-state index contributed by atoms with van der Waals surface area (Å²) < 4.78 is 0. The lowest BCUT2D eigenvalue weighted by atomic mass is 9.89. The van der Waals surface area contributed by atoms with Gasteiger partial charge in [-0.1, -0.05) is 6.92 Å². The molecule has 0 aromatic heterocycles. The number of nitrogens with zero attached hydrogens (tertiary/aromatic N) is 1. The predicted octanol–water partition coefficient (Wildman–Crippen LogP) is 0.994. The Labute approximate surface area is 104 Å². The molecule has 2 N–H and O–H groups in total. The second-order valence-corrected chi connectivity index (χ2v) is 5.19. The minimum atomic E-state index is -0.0348. The first-order valence-electron chi connectivity index (χ1n) is 6.74. The molecule has 0 aromatic carbocycles. The summed E-state index contributed by atoms with van der Waals surface area (Å²) >= 11 is 0. The van der Waals surface area contributed by atoms with Gasteiger partial charge >= 0.3 is 0 Å². The third-order valence-corrected chi connectivity index (χ3v) is 3.46. The first kappa shape index (κ1) is 14.5. The monoisotopic (exact) mass is 242 g/mol. The van der Waals surface area contributed by atoms with Crippen LogP contribution in [0.1, 0.15) is 40.0 Å². The number of hydrogen-bond acceptors (Lipinski definition) is 3. The Balaban J connectivity index is 2.54. The SMILES string of the molecule is CCN(CCCO)C(=O)C1CC(C)CC(C)N1. The lowest BCUT2D eigenvalue weighted by molar-refractivity contribution is -0.134. The molecule has 0 spiro atoms. The van der Waals surface area contributed by atoms with E-state index in [-0.39, 0.29) is 18.6 Å². The van der Waals surface area contributed by atoms with Crippen molar-refractivity contribution in [2.75, 3.05) is 19.7 Å². The maximum absolute atomic E-state index is 12.3. The maximum atomic E-state index is 12.3. The molecular formula is C13H26N2O2. The molecule has 4 heteroatoms. The Morgan fingerprint density at radius 3 is 2.65 bits per heavy atom. The first-order valence-corrected chi connectivity index (χ1v) is 6.74. The van der Waals surface area contributed by atoms with Crippen molar-refractivity contribution in [2.45, 2.75) is 52.1 Å². The lowest BCUT2D eigenvalue weighted by Crippen LogP contribution is -2.53. The Bertz CT molecular complexity index is 236. The van der Waals surface area contributed by atoms with Gasteiger partial charge in [0, 0.05) is 25.7 Å². The van der Waals surface area contributed by atoms with E-state index in [9.17, 15) is 4.79 Å². The van der Waals surface area contributed by atoms with Gasteiger partial charge in [-0.05, 0) is 39.0 Å². The van der Waals surface area contributed by atoms with Gasteiger partial charge in [0.1, 0.15) is 0 Å². The fourth-order valence-corrected chi connectivity index (χ4v) is 2.66. The second-order valence-electron chi connectivity index (χ2n) is 5.19. The average molecular weight is 242 g/mol. The van der Waals surface area contributed by atoms with Crippen molar-refractivity contribution >= 4 is 5.91 Å². The first-order chi connectivity index (χ1) is 8.08. The van der Waals surface area contributed by atoms with E-state index in [0.29, 0.717) is 24.9 Å². The fourth-order valence-electron chi connectivity index (χ4n) is 2.66. The molecule has 1 saturated heterocycles. The molecule has 0 aliphatic carbocycles. The van der Waals surface area contributed by atoms with E-state index in [4.69, 9.17) is 5.11 Å². The molecule has 0 aromatic rings. The van der Waals surface area contributed by atoms with Crippen LogP contribution in [0.4, 0.5) is 0 Å². The van der Waals surface area contributed by atoms with Crippen LogP contribution in [0.15, 0.2) is 0 Å². The number of rotatable bonds is 5. The molecule has 4 nitrogen and oxygen atoms in total. The zero-order valence-corrected chi connectivity index (χ0v) is 11.3. The summed E-state index contributed by atoms with van der Waals surface area (Å²) in [5.41, 5.74) is 0. The van der Waals surface area contributed by atoms with Crippen molar-refractivity contribution in [1.29, 1.82) is 0 Å². The fraction of sp³-hybridized carbons (Fsp3) is 0.923. The average Bonchev–Trinajstić information content (AvgIpc) is 2.28. The molecule has 1 amide bonds. The van der Waals surface area contributed by atoms with Crippen molar-refractivity contribution in [1.82, 2.24) is 10.2 Å². The van der Waals surface area contributed by atoms with Crippen LogP contribution in [-0.4, -0.2) is 47.7 Å². The van der Waals surface area contributed by atoms with Crippen LogP contribution in [0.25, 0.3) is 0 Å². The molecule has 1 heterocycles. The van der Waals surface area contributed by atoms with E-state index < -0.39 is 0 Å². The number of carbonyl (C=O) groups excluding carboxylic acids is 1. The molecule has 1 aliphatic rings. The van der Waals surface area contributed by atoms with Gasteiger partial charge < -0.3 is 15.3 Å². The van der Waals surface area contributed by atoms with Crippen molar-refractivity contribution < 1.29 is 9.90 Å². The summed E-state index contributed by atoms with van der Waals surface area (Å²) in [5, 5.41) is 12.2. The lowest BCUT2D eigenvalue weighted by Gasteiger charge is -2.35. The molecule has 1 fully saturated rings. The highest BCUT2D eigenvalue weighted by atomic mass is 16.3. The van der Waals surface area contributed by atoms with E-state index in [0.717, 1.165) is 19.4 Å². The number of nitrogens with one attached hydrogen (secondary N) is 1. The van der Waals surface area contributed by atoms with Crippen molar-refractivity contribution in [3.63, 3.8) is 0 Å². The van der Waals surface area contributed by atoms with Gasteiger partial charge in [0.25, 0.3) is 0 Å². The number of aliphatic hydroxyl groups is 1. The van der Waals surface area contributed by atoms with Gasteiger partial charge in [-0.2, -0.15) is 0 Å². The molecule has 1 rings (SSSR count). The zero-order valence-electron chi connectivity index (χ0n) is 11.3. The third kappa shape index (κ3) is 4.28. The zero-order chi connectivity index (χ0) is 12.8. The molecule has 100 valence electrons. The number of likely N-dealkylation sites (N-methyl/N-ethyl adjacent to an activating group) is 1. The quantitative estimate of drug-likeness (QED) is 0.756. The van der Waals surface area contributed by atoms with Crippen molar-refractivity contribution in [2.24, 2.45) is 5.92 Å². The van der Waals surface area contributed by atoms with Crippen molar-refractivity contribution in [3.8, 4) is 0 Å². The Hall–Kier alpha value is -0.610. The molecule has 17 heavy (non-hydrogen) atoms. The molecule has 3 unspecified atom stereocenters. The predicted molar refractivity (Wildman–Crippen MR) is 68.7 cm³/mol. The molecule has 0 bridgehead atoms. The maximum Gasteiger partial charge on any atom is 0.239 e. The van der Waals surface area contributed by atoms with Gasteiger partial charge in [0.2, 0.25) is 5.91 Å². The van der Waals surface area contributed by atoms with Gasteiger partial charge in [0.05, 0.1) is 6.04 Å². The summed E-state index contributed by atoms with van der Waals surface area (Å²) in [6.07, 6.45) is 2.74. The Kier molecular flexibility index (Phi) is 5.92. The van der Waals surface area contributed by atoms with Crippen LogP contribution in [0.2, 0.25) is 0 Å². The second kappa shape index (κ2) is 6.97. The van der Waals surface area contributed by atoms with Crippen LogP contribution in [0.5, 0.6) is 0 Å². The molecular weight excluding hydrogens is 216 g/mol. The number of carbonyl (C=O) groups is 1. The van der Waals surface area contributed by atoms with Gasteiger partial charge in [-0.3, -0.25) is 4.79 Å². The Morgan fingerprint density at radius 2 is 2.12 bits per heavy atom. The summed E-state index contributed by atoms with van der Waals surface area (Å²) in [6, 6.07) is 0.386. The van der Waals surface area contributed by atoms with Crippen LogP contribution in [0.3, 0.4) is 0 Å². The van der Waals surface area contributed by atoms with E-state index in [2.05, 4.69) is 19.2 Å². The number of aliphatic hydroxyl groups excluding tert-OH is 1. The summed E-state index contributed by atoms with van der Waals surface area (Å²) in [5.74, 6) is 0.802. The van der Waals surface area contributed by atoms with Crippen LogP contribution in [0, 0.1) is 5.92 Å². The minimum Gasteiger partial charge on any atom is -0.396 e. The standard InChI is InChI=1S/C13H26N2O2/c1-4-15(6-5-7-16)13(17)12-9-10(2)8-11(3)14-12/h10-12,14,16H,4-9H2,1-3H3. The van der Waals surface area contributed by atoms with E-state index in [1.807, 2.05) is 11.8 Å². The highest BCUT2D eigenvalue weighted by Gasteiger charge is 2.30. The molecule has 1 aliphatic heterocycles. The summed E-state index contributed by atoms with van der Waals surface area (Å²) in [7, 11) is 0. The summed E-state index contributed by atoms with van der Waals surface area (Å²) in [6.45, 7) is 7.87. The van der Waals surface area contributed by atoms with Crippen LogP contribution >= 0.6 is 0 Å². The summed E-state index contributed by atoms with van der Waals surface area (Å²) in [4.78, 5) is 14.2. The van der Waals surface area contributed by atoms with E-state index in [1.165, 1.54) is 0 Å². The van der Waals surface area contributed by atoms with Gasteiger partial charge in [0.15, 0.2) is 0 Å². The van der Waals surface area contributed by atoms with E-state index >= 15 is 0 Å². The largest absolute Gasteiger partial charge is 0.396 e. The molecule has 3 atom stereocenters. The smallest absolute Gasteiger partial charge is 0.239 e. The normalized spacial score (nSPS) is 29.1. The van der Waals surface area contributed by atoms with Crippen molar-refractivity contribution in [3.05, 3.63) is 0 Å². The third-order valence-electron chi connectivity index (χ3n) is 3.46. The van der Waals surface area contributed by atoms with Gasteiger partial charge in [-0.15, -0.1) is 0 Å². The van der Waals surface area contributed by atoms with Gasteiger partial charge in [-0.25, -0.2) is 0 Å². The highest BCUT2D eigenvalue weighted by Crippen LogP contribution is 2.20. The number of amides is 1. The molecule has 0 radical (unpaired) electrons. The number of piperidine rings is 1. The minimum absolute atomic E-state index is 0.0348.